The van der Waals surface area contributed by atoms with Crippen molar-refractivity contribution in [1.82, 2.24) is 9.97 Å². The number of nitrogens with zero attached hydrogens (tertiary/aromatic N) is 2. The van der Waals surface area contributed by atoms with Gasteiger partial charge in [0.25, 0.3) is 0 Å². The normalized spacial score (nSPS) is 10.6. The van der Waals surface area contributed by atoms with Crippen molar-refractivity contribution in [3.8, 4) is 0 Å². The van der Waals surface area contributed by atoms with Gasteiger partial charge in [-0.2, -0.15) is 0 Å². The molecule has 20 heavy (non-hydrogen) atoms. The number of unbranched alkanes of at least 4 members (excludes halogenated alkanes) is 1. The van der Waals surface area contributed by atoms with Crippen molar-refractivity contribution >= 4 is 23.4 Å². The van der Waals surface area contributed by atoms with Crippen molar-refractivity contribution < 1.29 is 4.74 Å². The van der Waals surface area contributed by atoms with Crippen LogP contribution in [0.25, 0.3) is 0 Å². The molecule has 0 aliphatic heterocycles. The lowest BCUT2D eigenvalue weighted by Crippen LogP contribution is -2.12. The van der Waals surface area contributed by atoms with E-state index < -0.39 is 0 Å². The van der Waals surface area contributed by atoms with Crippen LogP contribution in [0.2, 0.25) is 0 Å². The molecule has 0 spiro atoms. The van der Waals surface area contributed by atoms with Gasteiger partial charge in [-0.1, -0.05) is 32.0 Å². The van der Waals surface area contributed by atoms with Crippen LogP contribution in [-0.2, 0) is 4.74 Å². The Morgan fingerprint density at radius 3 is 2.35 bits per heavy atom. The first kappa shape index (κ1) is 17.0. The van der Waals surface area contributed by atoms with E-state index in [2.05, 4.69) is 34.4 Å². The van der Waals surface area contributed by atoms with E-state index in [0.717, 1.165) is 49.3 Å². The van der Waals surface area contributed by atoms with E-state index in [4.69, 9.17) is 4.74 Å². The molecule has 0 atom stereocenters. The summed E-state index contributed by atoms with van der Waals surface area (Å²) < 4.78 is 5.52. The molecule has 1 aromatic heterocycles. The molecule has 0 saturated heterocycles. The van der Waals surface area contributed by atoms with Crippen LogP contribution in [0.5, 0.6) is 0 Å². The number of hydrogen-bond acceptors (Lipinski definition) is 6. The second-order valence-corrected chi connectivity index (χ2v) is 5.22. The van der Waals surface area contributed by atoms with Crippen molar-refractivity contribution in [2.24, 2.45) is 0 Å². The number of aromatic nitrogens is 2. The summed E-state index contributed by atoms with van der Waals surface area (Å²) in [4.78, 5) is 8.87. The lowest BCUT2D eigenvalue weighted by atomic mass is 10.4. The van der Waals surface area contributed by atoms with E-state index >= 15 is 0 Å². The summed E-state index contributed by atoms with van der Waals surface area (Å²) in [6.07, 6.45) is 5.35. The number of thioether (sulfide) groups is 1. The number of anilines is 2. The van der Waals surface area contributed by atoms with Gasteiger partial charge in [0.1, 0.15) is 11.6 Å². The van der Waals surface area contributed by atoms with Crippen molar-refractivity contribution in [2.45, 2.75) is 38.3 Å². The molecule has 0 aliphatic rings. The molecule has 114 valence electrons. The predicted molar refractivity (Wildman–Crippen MR) is 86.8 cm³/mol. The highest BCUT2D eigenvalue weighted by Gasteiger charge is 2.03. The second kappa shape index (κ2) is 10.7. The highest BCUT2D eigenvalue weighted by molar-refractivity contribution is 7.98. The van der Waals surface area contributed by atoms with Crippen molar-refractivity contribution in [3.63, 3.8) is 0 Å². The molecule has 0 amide bonds. The molecule has 0 saturated carbocycles. The standard InChI is InChI=1S/C14H26N4OS/c1-4-6-9-19-10-8-16-13-11-12(15-7-5-2)17-14(18-13)20-3/h11H,4-10H2,1-3H3,(H2,15,16,17,18). The fourth-order valence-corrected chi connectivity index (χ4v) is 1.93. The van der Waals surface area contributed by atoms with Crippen LogP contribution in [-0.4, -0.2) is 42.5 Å². The molecule has 5 nitrogen and oxygen atoms in total. The highest BCUT2D eigenvalue weighted by atomic mass is 32.2. The molecular weight excluding hydrogens is 272 g/mol. The molecular formula is C14H26N4OS. The van der Waals surface area contributed by atoms with Gasteiger partial charge in [0, 0.05) is 25.8 Å². The molecule has 2 N–H and O–H groups in total. The SMILES string of the molecule is CCCCOCCNc1cc(NCCC)nc(SC)n1. The molecule has 0 bridgehead atoms. The minimum Gasteiger partial charge on any atom is -0.380 e. The predicted octanol–water partition coefficient (Wildman–Crippen LogP) is 3.25. The van der Waals surface area contributed by atoms with Crippen LogP contribution in [0.15, 0.2) is 11.2 Å². The first-order valence-electron chi connectivity index (χ1n) is 7.28. The van der Waals surface area contributed by atoms with Gasteiger partial charge in [0.15, 0.2) is 5.16 Å². The van der Waals surface area contributed by atoms with Gasteiger partial charge in [-0.05, 0) is 19.1 Å². The maximum Gasteiger partial charge on any atom is 0.191 e. The largest absolute Gasteiger partial charge is 0.380 e. The van der Waals surface area contributed by atoms with Crippen LogP contribution in [0.4, 0.5) is 11.6 Å². The molecule has 0 radical (unpaired) electrons. The first-order valence-corrected chi connectivity index (χ1v) is 8.51. The molecule has 0 aliphatic carbocycles. The number of nitrogens with one attached hydrogen (secondary N) is 2. The zero-order valence-corrected chi connectivity index (χ0v) is 13.6. The Bertz CT molecular complexity index is 376. The molecule has 6 heteroatoms. The summed E-state index contributed by atoms with van der Waals surface area (Å²) in [6.45, 7) is 7.53. The highest BCUT2D eigenvalue weighted by Crippen LogP contribution is 2.17. The van der Waals surface area contributed by atoms with Crippen LogP contribution < -0.4 is 10.6 Å². The van der Waals surface area contributed by atoms with Crippen LogP contribution >= 0.6 is 11.8 Å². The number of ether oxygens (including phenoxy) is 1. The average Bonchev–Trinajstić information content (AvgIpc) is 2.48. The van der Waals surface area contributed by atoms with Gasteiger partial charge in [0.2, 0.25) is 0 Å². The summed E-state index contributed by atoms with van der Waals surface area (Å²) in [5, 5.41) is 7.35. The minimum atomic E-state index is 0.705. The van der Waals surface area contributed by atoms with E-state index in [0.29, 0.717) is 6.61 Å². The number of hydrogen-bond donors (Lipinski definition) is 2. The van der Waals surface area contributed by atoms with Crippen molar-refractivity contribution in [2.75, 3.05) is 43.2 Å². The van der Waals surface area contributed by atoms with Crippen LogP contribution in [0, 0.1) is 0 Å². The molecule has 0 fully saturated rings. The zero-order valence-electron chi connectivity index (χ0n) is 12.7. The van der Waals surface area contributed by atoms with E-state index in [1.165, 1.54) is 6.42 Å². The quantitative estimate of drug-likeness (QED) is 0.371. The van der Waals surface area contributed by atoms with E-state index in [1.54, 1.807) is 11.8 Å². The van der Waals surface area contributed by atoms with Gasteiger partial charge in [-0.25, -0.2) is 9.97 Å². The Balaban J connectivity index is 2.42. The number of rotatable bonds is 11. The third kappa shape index (κ3) is 6.96. The summed E-state index contributed by atoms with van der Waals surface area (Å²) in [5.41, 5.74) is 0. The molecule has 1 heterocycles. The summed E-state index contributed by atoms with van der Waals surface area (Å²) in [5.74, 6) is 1.72. The minimum absolute atomic E-state index is 0.705. The zero-order chi connectivity index (χ0) is 14.6. The fourth-order valence-electron chi connectivity index (χ4n) is 1.55. The Hall–Kier alpha value is -1.01. The summed E-state index contributed by atoms with van der Waals surface area (Å²) in [7, 11) is 0. The Kier molecular flexibility index (Phi) is 9.15. The molecule has 0 unspecified atom stereocenters. The first-order chi connectivity index (χ1) is 9.80. The second-order valence-electron chi connectivity index (χ2n) is 4.44. The maximum absolute atomic E-state index is 5.52. The Morgan fingerprint density at radius 1 is 1.05 bits per heavy atom. The van der Waals surface area contributed by atoms with Crippen molar-refractivity contribution in [1.29, 1.82) is 0 Å². The lowest BCUT2D eigenvalue weighted by Gasteiger charge is -2.10. The molecule has 0 aromatic carbocycles. The van der Waals surface area contributed by atoms with Gasteiger partial charge >= 0.3 is 0 Å². The fraction of sp³-hybridized carbons (Fsp3) is 0.714. The van der Waals surface area contributed by atoms with Gasteiger partial charge in [-0.3, -0.25) is 0 Å². The lowest BCUT2D eigenvalue weighted by molar-refractivity contribution is 0.141. The van der Waals surface area contributed by atoms with Gasteiger partial charge in [-0.15, -0.1) is 0 Å². The maximum atomic E-state index is 5.52. The summed E-state index contributed by atoms with van der Waals surface area (Å²) in [6, 6.07) is 1.95. The third-order valence-electron chi connectivity index (χ3n) is 2.64. The van der Waals surface area contributed by atoms with Crippen LogP contribution in [0.1, 0.15) is 33.1 Å². The topological polar surface area (TPSA) is 59.1 Å². The smallest absolute Gasteiger partial charge is 0.191 e. The average molecular weight is 298 g/mol. The van der Waals surface area contributed by atoms with Crippen LogP contribution in [0.3, 0.4) is 0 Å². The van der Waals surface area contributed by atoms with E-state index in [-0.39, 0.29) is 0 Å². The van der Waals surface area contributed by atoms with Gasteiger partial charge in [0.05, 0.1) is 6.61 Å². The molecule has 1 aromatic rings. The monoisotopic (exact) mass is 298 g/mol. The Morgan fingerprint density at radius 2 is 1.75 bits per heavy atom. The molecule has 1 rings (SSSR count). The Labute approximate surface area is 126 Å². The summed E-state index contributed by atoms with van der Waals surface area (Å²) >= 11 is 1.55. The van der Waals surface area contributed by atoms with Crippen molar-refractivity contribution in [3.05, 3.63) is 6.07 Å². The third-order valence-corrected chi connectivity index (χ3v) is 3.19. The van der Waals surface area contributed by atoms with E-state index in [9.17, 15) is 0 Å². The van der Waals surface area contributed by atoms with E-state index in [1.807, 2.05) is 12.3 Å². The van der Waals surface area contributed by atoms with Gasteiger partial charge < -0.3 is 15.4 Å².